The third-order valence-electron chi connectivity index (χ3n) is 6.17. The molecule has 34 heavy (non-hydrogen) atoms. The third-order valence-corrected chi connectivity index (χ3v) is 6.17. The van der Waals surface area contributed by atoms with E-state index in [4.69, 9.17) is 23.7 Å². The Morgan fingerprint density at radius 3 is 1.50 bits per heavy atom. The van der Waals surface area contributed by atoms with Crippen LogP contribution in [0.2, 0.25) is 0 Å². The third kappa shape index (κ3) is 4.96. The van der Waals surface area contributed by atoms with Gasteiger partial charge in [-0.05, 0) is 0 Å². The fraction of sp³-hybridized carbons (Fsp3) is 1.00. The van der Waals surface area contributed by atoms with Crippen LogP contribution in [-0.4, -0.2) is 168 Å². The van der Waals surface area contributed by atoms with Crippen molar-refractivity contribution in [3.8, 4) is 0 Å². The molecular weight excluding hydrogens is 472 g/mol. The zero-order valence-corrected chi connectivity index (χ0v) is 17.8. The summed E-state index contributed by atoms with van der Waals surface area (Å²) in [4.78, 5) is 0. The first-order valence-corrected chi connectivity index (χ1v) is 10.6. The van der Waals surface area contributed by atoms with Gasteiger partial charge in [0.05, 0.1) is 19.8 Å². The molecule has 11 N–H and O–H groups in total. The topological polar surface area (TPSA) is 269 Å². The molecule has 16 nitrogen and oxygen atoms in total. The first-order valence-electron chi connectivity index (χ1n) is 10.6. The minimum absolute atomic E-state index is 0.777. The van der Waals surface area contributed by atoms with Crippen LogP contribution in [0, 0.1) is 0 Å². The van der Waals surface area contributed by atoms with Crippen LogP contribution in [0.4, 0.5) is 0 Å². The van der Waals surface area contributed by atoms with Crippen LogP contribution in [0.25, 0.3) is 0 Å². The molecule has 0 amide bonds. The van der Waals surface area contributed by atoms with Gasteiger partial charge in [0.25, 0.3) is 0 Å². The van der Waals surface area contributed by atoms with E-state index < -0.39 is 112 Å². The highest BCUT2D eigenvalue weighted by Gasteiger charge is 2.61. The molecule has 3 fully saturated rings. The maximum absolute atomic E-state index is 10.6. The molecule has 3 saturated heterocycles. The highest BCUT2D eigenvalue weighted by Crippen LogP contribution is 2.39. The molecule has 3 aliphatic rings. The minimum Gasteiger partial charge on any atom is -0.394 e. The molecule has 0 aliphatic carbocycles. The van der Waals surface area contributed by atoms with Gasteiger partial charge in [-0.15, -0.1) is 0 Å². The summed E-state index contributed by atoms with van der Waals surface area (Å²) in [5, 5.41) is 109. The van der Waals surface area contributed by atoms with Gasteiger partial charge in [-0.1, -0.05) is 0 Å². The number of ether oxygens (including phenoxy) is 5. The average Bonchev–Trinajstić information content (AvgIpc) is 3.10. The summed E-state index contributed by atoms with van der Waals surface area (Å²) in [6, 6.07) is 0. The van der Waals surface area contributed by atoms with Crippen molar-refractivity contribution in [3.05, 3.63) is 0 Å². The number of aliphatic hydroxyl groups excluding tert-OH is 11. The fourth-order valence-electron chi connectivity index (χ4n) is 4.12. The molecule has 200 valence electrons. The molecule has 0 spiro atoms. The van der Waals surface area contributed by atoms with Crippen LogP contribution >= 0.6 is 0 Å². The van der Waals surface area contributed by atoms with Crippen molar-refractivity contribution >= 4 is 0 Å². The van der Waals surface area contributed by atoms with E-state index in [0.29, 0.717) is 0 Å². The molecular formula is C18H32O16. The lowest BCUT2D eigenvalue weighted by Crippen LogP contribution is -2.64. The summed E-state index contributed by atoms with van der Waals surface area (Å²) in [7, 11) is 0. The summed E-state index contributed by atoms with van der Waals surface area (Å²) >= 11 is 0. The Balaban J connectivity index is 1.87. The Morgan fingerprint density at radius 2 is 1.03 bits per heavy atom. The highest BCUT2D eigenvalue weighted by atomic mass is 16.8. The molecule has 3 aliphatic heterocycles. The lowest BCUT2D eigenvalue weighted by atomic mass is 9.98. The van der Waals surface area contributed by atoms with Gasteiger partial charge in [-0.2, -0.15) is 0 Å². The Labute approximate surface area is 192 Å². The Kier molecular flexibility index (Phi) is 9.18. The molecule has 0 bridgehead atoms. The molecule has 14 atom stereocenters. The lowest BCUT2D eigenvalue weighted by molar-refractivity contribution is -0.400. The van der Waals surface area contributed by atoms with E-state index in [1.807, 2.05) is 0 Å². The monoisotopic (exact) mass is 504 g/mol. The van der Waals surface area contributed by atoms with Crippen LogP contribution in [0.15, 0.2) is 0 Å². The van der Waals surface area contributed by atoms with Crippen LogP contribution < -0.4 is 0 Å². The summed E-state index contributed by atoms with van der Waals surface area (Å²) in [6.45, 7) is -3.49. The van der Waals surface area contributed by atoms with Crippen molar-refractivity contribution in [2.24, 2.45) is 0 Å². The number of aliphatic hydroxyl groups is 11. The molecule has 0 radical (unpaired) electrons. The van der Waals surface area contributed by atoms with Gasteiger partial charge in [-0.25, -0.2) is 0 Å². The smallest absolute Gasteiger partial charge is 0.224 e. The van der Waals surface area contributed by atoms with Gasteiger partial charge in [0.1, 0.15) is 73.8 Å². The van der Waals surface area contributed by atoms with E-state index in [1.165, 1.54) is 0 Å². The molecule has 3 heterocycles. The first-order chi connectivity index (χ1) is 16.0. The van der Waals surface area contributed by atoms with E-state index >= 15 is 0 Å². The van der Waals surface area contributed by atoms with Gasteiger partial charge in [-0.3, -0.25) is 0 Å². The summed E-state index contributed by atoms with van der Waals surface area (Å²) < 4.78 is 27.0. The van der Waals surface area contributed by atoms with Crippen LogP contribution in [0.1, 0.15) is 0 Å². The summed E-state index contributed by atoms with van der Waals surface area (Å²) in [5.41, 5.74) is 0. The first kappa shape index (κ1) is 27.9. The van der Waals surface area contributed by atoms with E-state index in [1.54, 1.807) is 0 Å². The van der Waals surface area contributed by atoms with Crippen molar-refractivity contribution in [2.45, 2.75) is 85.5 Å². The quantitative estimate of drug-likeness (QED) is 0.146. The van der Waals surface area contributed by atoms with Crippen molar-refractivity contribution in [1.82, 2.24) is 0 Å². The summed E-state index contributed by atoms with van der Waals surface area (Å²) in [5.74, 6) is -2.43. The molecule has 0 unspecified atom stereocenters. The molecule has 0 aromatic rings. The van der Waals surface area contributed by atoms with Crippen molar-refractivity contribution in [1.29, 1.82) is 0 Å². The van der Waals surface area contributed by atoms with E-state index in [2.05, 4.69) is 0 Å². The van der Waals surface area contributed by atoms with Crippen LogP contribution in [0.5, 0.6) is 0 Å². The van der Waals surface area contributed by atoms with E-state index in [0.717, 1.165) is 0 Å². The average molecular weight is 504 g/mol. The second-order valence-electron chi connectivity index (χ2n) is 8.37. The minimum atomic E-state index is -2.43. The molecule has 0 saturated carbocycles. The maximum atomic E-state index is 10.6. The number of hydrogen-bond acceptors (Lipinski definition) is 16. The van der Waals surface area contributed by atoms with Crippen LogP contribution in [-0.2, 0) is 23.7 Å². The van der Waals surface area contributed by atoms with Crippen molar-refractivity contribution < 1.29 is 79.9 Å². The maximum Gasteiger partial charge on any atom is 0.224 e. The Morgan fingerprint density at radius 1 is 0.559 bits per heavy atom. The molecule has 16 heteroatoms. The zero-order valence-electron chi connectivity index (χ0n) is 17.8. The van der Waals surface area contributed by atoms with Crippen LogP contribution in [0.3, 0.4) is 0 Å². The summed E-state index contributed by atoms with van der Waals surface area (Å²) in [6.07, 6.45) is -22.3. The van der Waals surface area contributed by atoms with Crippen molar-refractivity contribution in [3.63, 3.8) is 0 Å². The Bertz CT molecular complexity index is 651. The second-order valence-corrected chi connectivity index (χ2v) is 8.37. The predicted octanol–water partition coefficient (Wildman–Crippen LogP) is -7.57. The predicted molar refractivity (Wildman–Crippen MR) is 101 cm³/mol. The van der Waals surface area contributed by atoms with Gasteiger partial charge >= 0.3 is 0 Å². The van der Waals surface area contributed by atoms with E-state index in [-0.39, 0.29) is 0 Å². The fourth-order valence-corrected chi connectivity index (χ4v) is 4.12. The largest absolute Gasteiger partial charge is 0.394 e. The molecule has 3 rings (SSSR count). The second kappa shape index (κ2) is 11.2. The SMILES string of the molecule is OC[C@@H]1O[C@@](CO)(O[C@H]2O[C@@H](CO)[C@@H](O)[C@@H](O)[C@H]2O)[C@H](O[C@@H]2O[C@H](CO)[C@@H](O)[C@H](O)[C@@H]2O)[C@@H]1O. The lowest BCUT2D eigenvalue weighted by Gasteiger charge is -2.45. The van der Waals surface area contributed by atoms with Gasteiger partial charge in [0, 0.05) is 0 Å². The standard InChI is InChI=1S/C18H32O16/c19-1-5-8(23)11(26)13(28)16(30-5)32-15-10(25)7(3-21)33-18(15,4-22)34-17-14(29)12(27)9(24)6(2-20)31-17/h5-17,19-29H,1-4H2/t5-,6+,7+,8-,9-,10-,11+,12-,13+,14-,15-,16+,17-,18+/m1/s1. The molecule has 0 aromatic heterocycles. The Hall–Kier alpha value is -0.640. The van der Waals surface area contributed by atoms with Gasteiger partial charge < -0.3 is 79.9 Å². The van der Waals surface area contributed by atoms with Gasteiger partial charge in [0.2, 0.25) is 5.79 Å². The highest BCUT2D eigenvalue weighted by molar-refractivity contribution is 5.01. The zero-order chi connectivity index (χ0) is 25.4. The molecule has 0 aromatic carbocycles. The normalized spacial score (nSPS) is 52.1. The van der Waals surface area contributed by atoms with Gasteiger partial charge in [0.15, 0.2) is 12.6 Å². The van der Waals surface area contributed by atoms with Crippen molar-refractivity contribution in [2.75, 3.05) is 26.4 Å². The van der Waals surface area contributed by atoms with E-state index in [9.17, 15) is 56.2 Å². The number of rotatable bonds is 8. The number of hydrogen-bond donors (Lipinski definition) is 11.